The standard InChI is InChI=1S/C17H27N3O.HI/c1-3-12-21-16-7-5-6-14(13-16)10-11-19-17(18-4-2)20-15-8-9-15;/h5-7,13,15H,3-4,8-12H2,1-2H3,(H2,18,19,20);1H. The Hall–Kier alpha value is -0.980. The number of rotatable bonds is 8. The van der Waals surface area contributed by atoms with Gasteiger partial charge in [-0.15, -0.1) is 24.0 Å². The van der Waals surface area contributed by atoms with Crippen LogP contribution in [0.3, 0.4) is 0 Å². The number of benzene rings is 1. The Labute approximate surface area is 151 Å². The first-order valence-electron chi connectivity index (χ1n) is 8.08. The SMILES string of the molecule is CCCOc1cccc(CCN=C(NCC)NC2CC2)c1.I. The summed E-state index contributed by atoms with van der Waals surface area (Å²) in [7, 11) is 0. The number of ether oxygens (including phenoxy) is 1. The maximum atomic E-state index is 5.66. The van der Waals surface area contributed by atoms with Gasteiger partial charge in [0.25, 0.3) is 0 Å². The van der Waals surface area contributed by atoms with Gasteiger partial charge in [-0.3, -0.25) is 4.99 Å². The van der Waals surface area contributed by atoms with Crippen LogP contribution < -0.4 is 15.4 Å². The van der Waals surface area contributed by atoms with Crippen LogP contribution in [-0.2, 0) is 6.42 Å². The quantitative estimate of drug-likeness (QED) is 0.388. The molecule has 1 aromatic carbocycles. The first-order chi connectivity index (χ1) is 10.3. The second-order valence-corrected chi connectivity index (χ2v) is 5.43. The smallest absolute Gasteiger partial charge is 0.191 e. The van der Waals surface area contributed by atoms with Crippen molar-refractivity contribution in [2.24, 2.45) is 4.99 Å². The Morgan fingerprint density at radius 3 is 2.82 bits per heavy atom. The molecule has 0 spiro atoms. The topological polar surface area (TPSA) is 45.6 Å². The van der Waals surface area contributed by atoms with Crippen molar-refractivity contribution in [1.29, 1.82) is 0 Å². The highest BCUT2D eigenvalue weighted by Gasteiger charge is 2.21. The molecule has 22 heavy (non-hydrogen) atoms. The molecule has 0 aromatic heterocycles. The van der Waals surface area contributed by atoms with Gasteiger partial charge >= 0.3 is 0 Å². The second kappa shape index (κ2) is 10.7. The lowest BCUT2D eigenvalue weighted by atomic mass is 10.1. The van der Waals surface area contributed by atoms with E-state index in [0.717, 1.165) is 44.2 Å². The van der Waals surface area contributed by atoms with Crippen molar-refractivity contribution in [3.63, 3.8) is 0 Å². The van der Waals surface area contributed by atoms with Crippen molar-refractivity contribution in [2.75, 3.05) is 19.7 Å². The first kappa shape index (κ1) is 19.1. The molecule has 0 heterocycles. The fourth-order valence-corrected chi connectivity index (χ4v) is 2.05. The maximum absolute atomic E-state index is 5.66. The minimum atomic E-state index is 0. The Morgan fingerprint density at radius 2 is 2.14 bits per heavy atom. The van der Waals surface area contributed by atoms with Gasteiger partial charge in [-0.2, -0.15) is 0 Å². The number of aliphatic imine (C=N–C) groups is 1. The molecule has 5 heteroatoms. The number of hydrogen-bond acceptors (Lipinski definition) is 2. The zero-order chi connectivity index (χ0) is 14.9. The first-order valence-corrected chi connectivity index (χ1v) is 8.08. The molecule has 1 aliphatic carbocycles. The third kappa shape index (κ3) is 7.33. The molecule has 0 atom stereocenters. The van der Waals surface area contributed by atoms with Crippen LogP contribution in [0.2, 0.25) is 0 Å². The molecular formula is C17H28IN3O. The summed E-state index contributed by atoms with van der Waals surface area (Å²) in [5.74, 6) is 1.90. The molecule has 0 unspecified atom stereocenters. The Morgan fingerprint density at radius 1 is 1.32 bits per heavy atom. The van der Waals surface area contributed by atoms with E-state index in [4.69, 9.17) is 4.74 Å². The van der Waals surface area contributed by atoms with Crippen molar-refractivity contribution >= 4 is 29.9 Å². The van der Waals surface area contributed by atoms with E-state index in [1.165, 1.54) is 18.4 Å². The largest absolute Gasteiger partial charge is 0.494 e. The Balaban J connectivity index is 0.00000242. The maximum Gasteiger partial charge on any atom is 0.191 e. The van der Waals surface area contributed by atoms with Crippen LogP contribution in [0.4, 0.5) is 0 Å². The normalized spacial score (nSPS) is 14.2. The zero-order valence-electron chi connectivity index (χ0n) is 13.6. The Bertz CT molecular complexity index is 461. The average Bonchev–Trinajstić information content (AvgIpc) is 3.30. The molecule has 124 valence electrons. The van der Waals surface area contributed by atoms with Gasteiger partial charge in [0.2, 0.25) is 0 Å². The number of nitrogens with one attached hydrogen (secondary N) is 2. The van der Waals surface area contributed by atoms with Crippen LogP contribution in [0, 0.1) is 0 Å². The van der Waals surface area contributed by atoms with Gasteiger partial charge in [0, 0.05) is 19.1 Å². The van der Waals surface area contributed by atoms with Crippen LogP contribution >= 0.6 is 24.0 Å². The molecule has 0 amide bonds. The molecule has 1 aliphatic rings. The van der Waals surface area contributed by atoms with Gasteiger partial charge in [-0.05, 0) is 50.3 Å². The molecule has 2 N–H and O–H groups in total. The molecule has 0 bridgehead atoms. The predicted octanol–water partition coefficient (Wildman–Crippen LogP) is 3.35. The fraction of sp³-hybridized carbons (Fsp3) is 0.588. The molecule has 0 radical (unpaired) electrons. The summed E-state index contributed by atoms with van der Waals surface area (Å²) in [6.07, 6.45) is 4.50. The van der Waals surface area contributed by atoms with Gasteiger partial charge in [-0.25, -0.2) is 0 Å². The minimum absolute atomic E-state index is 0. The lowest BCUT2D eigenvalue weighted by Gasteiger charge is -2.10. The number of halogens is 1. The van der Waals surface area contributed by atoms with Crippen LogP contribution in [-0.4, -0.2) is 31.7 Å². The van der Waals surface area contributed by atoms with Crippen LogP contribution in [0.1, 0.15) is 38.7 Å². The highest BCUT2D eigenvalue weighted by Crippen LogP contribution is 2.18. The van der Waals surface area contributed by atoms with Gasteiger partial charge < -0.3 is 15.4 Å². The highest BCUT2D eigenvalue weighted by atomic mass is 127. The lowest BCUT2D eigenvalue weighted by Crippen LogP contribution is -2.38. The third-order valence-corrected chi connectivity index (χ3v) is 3.30. The van der Waals surface area contributed by atoms with E-state index in [1.54, 1.807) is 0 Å². The molecule has 1 fully saturated rings. The van der Waals surface area contributed by atoms with Crippen molar-refractivity contribution in [3.8, 4) is 5.75 Å². The summed E-state index contributed by atoms with van der Waals surface area (Å²) < 4.78 is 5.66. The van der Waals surface area contributed by atoms with Gasteiger partial charge in [0.1, 0.15) is 5.75 Å². The van der Waals surface area contributed by atoms with E-state index < -0.39 is 0 Å². The van der Waals surface area contributed by atoms with Crippen molar-refractivity contribution in [1.82, 2.24) is 10.6 Å². The van der Waals surface area contributed by atoms with Gasteiger partial charge in [0.05, 0.1) is 6.61 Å². The zero-order valence-corrected chi connectivity index (χ0v) is 15.9. The summed E-state index contributed by atoms with van der Waals surface area (Å²) in [4.78, 5) is 4.63. The molecule has 1 saturated carbocycles. The van der Waals surface area contributed by atoms with Gasteiger partial charge in [0.15, 0.2) is 5.96 Å². The van der Waals surface area contributed by atoms with E-state index in [0.29, 0.717) is 6.04 Å². The molecule has 2 rings (SSSR count). The molecule has 4 nitrogen and oxygen atoms in total. The van der Waals surface area contributed by atoms with E-state index in [-0.39, 0.29) is 24.0 Å². The average molecular weight is 417 g/mol. The van der Waals surface area contributed by atoms with Crippen LogP contribution in [0.5, 0.6) is 5.75 Å². The number of hydrogen-bond donors (Lipinski definition) is 2. The lowest BCUT2D eigenvalue weighted by molar-refractivity contribution is 0.317. The van der Waals surface area contributed by atoms with E-state index in [9.17, 15) is 0 Å². The van der Waals surface area contributed by atoms with Crippen LogP contribution in [0.25, 0.3) is 0 Å². The van der Waals surface area contributed by atoms with E-state index in [1.807, 2.05) is 6.07 Å². The summed E-state index contributed by atoms with van der Waals surface area (Å²) in [5.41, 5.74) is 1.27. The van der Waals surface area contributed by atoms with Crippen molar-refractivity contribution in [3.05, 3.63) is 29.8 Å². The third-order valence-electron chi connectivity index (χ3n) is 3.30. The number of nitrogens with zero attached hydrogens (tertiary/aromatic N) is 1. The summed E-state index contributed by atoms with van der Waals surface area (Å²) in [6.45, 7) is 6.68. The van der Waals surface area contributed by atoms with E-state index >= 15 is 0 Å². The van der Waals surface area contributed by atoms with Crippen LogP contribution in [0.15, 0.2) is 29.3 Å². The summed E-state index contributed by atoms with van der Waals surface area (Å²) >= 11 is 0. The minimum Gasteiger partial charge on any atom is -0.494 e. The van der Waals surface area contributed by atoms with Gasteiger partial charge in [-0.1, -0.05) is 19.1 Å². The predicted molar refractivity (Wildman–Crippen MR) is 103 cm³/mol. The summed E-state index contributed by atoms with van der Waals surface area (Å²) in [6, 6.07) is 8.95. The van der Waals surface area contributed by atoms with Crippen molar-refractivity contribution < 1.29 is 4.74 Å². The monoisotopic (exact) mass is 417 g/mol. The molecule has 1 aromatic rings. The van der Waals surface area contributed by atoms with E-state index in [2.05, 4.69) is 47.7 Å². The highest BCUT2D eigenvalue weighted by molar-refractivity contribution is 14.0. The molecule has 0 saturated heterocycles. The summed E-state index contributed by atoms with van der Waals surface area (Å²) in [5, 5.41) is 6.73. The molecular weight excluding hydrogens is 389 g/mol. The second-order valence-electron chi connectivity index (χ2n) is 5.43. The Kier molecular flexibility index (Phi) is 9.27. The van der Waals surface area contributed by atoms with Crippen molar-refractivity contribution in [2.45, 2.75) is 45.6 Å². The number of guanidine groups is 1. The fourth-order valence-electron chi connectivity index (χ4n) is 2.05. The molecule has 0 aliphatic heterocycles.